The number of halogens is 1. The van der Waals surface area contributed by atoms with Gasteiger partial charge in [0.1, 0.15) is 5.60 Å². The van der Waals surface area contributed by atoms with Crippen LogP contribution < -0.4 is 9.21 Å². The number of imidazole rings is 1. The first-order valence-corrected chi connectivity index (χ1v) is 12.6. The maximum atomic E-state index is 13.6. The number of hydrogen-bond acceptors (Lipinski definition) is 5. The van der Waals surface area contributed by atoms with Crippen LogP contribution in [0.4, 0.5) is 16.2 Å². The molecule has 1 aromatic heterocycles. The molecule has 0 spiro atoms. The molecule has 2 heterocycles. The maximum absolute atomic E-state index is 13.6. The number of fused-ring (bicyclic) bond motifs is 1. The van der Waals surface area contributed by atoms with Crippen LogP contribution in [0.15, 0.2) is 60.0 Å². The molecule has 1 aliphatic heterocycles. The lowest BCUT2D eigenvalue weighted by atomic mass is 10.1. The van der Waals surface area contributed by atoms with Crippen LogP contribution in [0.25, 0.3) is 0 Å². The topological polar surface area (TPSA) is 84.7 Å². The average Bonchev–Trinajstić information content (AvgIpc) is 3.38. The number of benzene rings is 2. The number of ether oxygens (including phenoxy) is 1. The zero-order valence-electron chi connectivity index (χ0n) is 19.5. The van der Waals surface area contributed by atoms with E-state index in [1.54, 1.807) is 52.9 Å². The van der Waals surface area contributed by atoms with Gasteiger partial charge >= 0.3 is 6.09 Å². The first-order chi connectivity index (χ1) is 15.9. The summed E-state index contributed by atoms with van der Waals surface area (Å²) >= 11 is 6.01. The van der Waals surface area contributed by atoms with Gasteiger partial charge in [-0.3, -0.25) is 9.21 Å². The van der Waals surface area contributed by atoms with Crippen LogP contribution in [0.2, 0.25) is 5.02 Å². The largest absolute Gasteiger partial charge is 0.443 e. The number of hydrogen-bond donors (Lipinski definition) is 0. The van der Waals surface area contributed by atoms with Crippen LogP contribution in [0.1, 0.15) is 31.9 Å². The number of amides is 1. The first kappa shape index (κ1) is 24.1. The summed E-state index contributed by atoms with van der Waals surface area (Å²) in [4.78, 5) is 18.3. The van der Waals surface area contributed by atoms with Crippen LogP contribution >= 0.6 is 11.6 Å². The van der Waals surface area contributed by atoms with Gasteiger partial charge in [-0.15, -0.1) is 0 Å². The van der Waals surface area contributed by atoms with Crippen molar-refractivity contribution < 1.29 is 17.9 Å². The molecule has 2 aromatic carbocycles. The van der Waals surface area contributed by atoms with E-state index < -0.39 is 21.7 Å². The van der Waals surface area contributed by atoms with Crippen LogP contribution in [0, 0.1) is 0 Å². The van der Waals surface area contributed by atoms with Crippen LogP contribution in [0.3, 0.4) is 0 Å². The standard InChI is InChI=1S/C24H27ClN4O4S/c1-24(2,3)33-23(30)28-12-11-18-13-20(9-10-21(18)28)29(14-17-5-7-19(25)8-6-17)34(31,32)22-15-27(4)16-26-22/h5-10,13,15-16H,11-12,14H2,1-4H3. The monoisotopic (exact) mass is 502 g/mol. The number of nitrogens with zero attached hydrogens (tertiary/aromatic N) is 4. The summed E-state index contributed by atoms with van der Waals surface area (Å²) < 4.78 is 35.6. The lowest BCUT2D eigenvalue weighted by Crippen LogP contribution is -2.35. The zero-order valence-corrected chi connectivity index (χ0v) is 21.1. The van der Waals surface area contributed by atoms with Crippen LogP contribution in [-0.4, -0.2) is 36.2 Å². The fourth-order valence-corrected chi connectivity index (χ4v) is 5.30. The van der Waals surface area contributed by atoms with Gasteiger partial charge in [-0.05, 0) is 68.7 Å². The lowest BCUT2D eigenvalue weighted by molar-refractivity contribution is 0.0584. The highest BCUT2D eigenvalue weighted by atomic mass is 35.5. The average molecular weight is 503 g/mol. The molecule has 0 unspecified atom stereocenters. The second-order valence-electron chi connectivity index (χ2n) is 9.21. The van der Waals surface area contributed by atoms with Crippen LogP contribution in [0.5, 0.6) is 0 Å². The summed E-state index contributed by atoms with van der Waals surface area (Å²) in [7, 11) is -2.23. The molecule has 0 saturated carbocycles. The second kappa shape index (κ2) is 8.96. The van der Waals surface area contributed by atoms with Crippen molar-refractivity contribution in [2.45, 2.75) is 44.4 Å². The Morgan fingerprint density at radius 1 is 1.18 bits per heavy atom. The molecule has 1 aliphatic rings. The van der Waals surface area contributed by atoms with E-state index in [9.17, 15) is 13.2 Å². The molecule has 10 heteroatoms. The highest BCUT2D eigenvalue weighted by Crippen LogP contribution is 2.35. The smallest absolute Gasteiger partial charge is 0.414 e. The SMILES string of the molecule is Cn1cnc(S(=O)(=O)N(Cc2ccc(Cl)cc2)c2ccc3c(c2)CCN3C(=O)OC(C)(C)C)c1. The Hall–Kier alpha value is -3.04. The minimum atomic E-state index is -3.95. The Kier molecular flexibility index (Phi) is 6.35. The fraction of sp³-hybridized carbons (Fsp3) is 0.333. The fourth-order valence-electron chi connectivity index (χ4n) is 3.76. The first-order valence-electron chi connectivity index (χ1n) is 10.8. The minimum Gasteiger partial charge on any atom is -0.443 e. The van der Waals surface area contributed by atoms with Gasteiger partial charge in [0, 0.05) is 24.8 Å². The van der Waals surface area contributed by atoms with E-state index in [1.165, 1.54) is 16.8 Å². The minimum absolute atomic E-state index is 0.0418. The Morgan fingerprint density at radius 3 is 2.50 bits per heavy atom. The van der Waals surface area contributed by atoms with Gasteiger partial charge in [0.15, 0.2) is 5.03 Å². The molecule has 8 nitrogen and oxygen atoms in total. The third-order valence-electron chi connectivity index (χ3n) is 5.34. The third-order valence-corrected chi connectivity index (χ3v) is 7.25. The Balaban J connectivity index is 1.71. The molecule has 0 saturated heterocycles. The normalized spacial score (nSPS) is 13.6. The Labute approximate surface area is 204 Å². The van der Waals surface area contributed by atoms with Crippen molar-refractivity contribution in [1.29, 1.82) is 0 Å². The van der Waals surface area contributed by atoms with Crippen molar-refractivity contribution >= 4 is 39.1 Å². The molecule has 1 amide bonds. The van der Waals surface area contributed by atoms with Crippen molar-refractivity contribution in [3.63, 3.8) is 0 Å². The summed E-state index contributed by atoms with van der Waals surface area (Å²) in [6.07, 6.45) is 3.11. The summed E-state index contributed by atoms with van der Waals surface area (Å²) in [5, 5.41) is 0.530. The van der Waals surface area contributed by atoms with Crippen molar-refractivity contribution in [2.24, 2.45) is 7.05 Å². The van der Waals surface area contributed by atoms with E-state index in [-0.39, 0.29) is 11.6 Å². The molecular weight excluding hydrogens is 476 g/mol. The molecule has 0 N–H and O–H groups in total. The third kappa shape index (κ3) is 5.05. The van der Waals surface area contributed by atoms with Crippen molar-refractivity contribution in [1.82, 2.24) is 9.55 Å². The highest BCUT2D eigenvalue weighted by molar-refractivity contribution is 7.92. The van der Waals surface area contributed by atoms with Gasteiger partial charge in [0.2, 0.25) is 0 Å². The summed E-state index contributed by atoms with van der Waals surface area (Å²) in [6, 6.07) is 12.3. The van der Waals surface area contributed by atoms with E-state index >= 15 is 0 Å². The maximum Gasteiger partial charge on any atom is 0.414 e. The summed E-state index contributed by atoms with van der Waals surface area (Å²) in [5.41, 5.74) is 2.26. The molecule has 0 bridgehead atoms. The number of aryl methyl sites for hydroxylation is 1. The van der Waals surface area contributed by atoms with E-state index in [0.29, 0.717) is 23.7 Å². The van der Waals surface area contributed by atoms with Gasteiger partial charge in [-0.25, -0.2) is 9.78 Å². The predicted molar refractivity (Wildman–Crippen MR) is 132 cm³/mol. The van der Waals surface area contributed by atoms with E-state index in [2.05, 4.69) is 4.98 Å². The Bertz CT molecular complexity index is 1310. The molecular formula is C24H27ClN4O4S. The highest BCUT2D eigenvalue weighted by Gasteiger charge is 2.32. The molecule has 0 fully saturated rings. The predicted octanol–water partition coefficient (Wildman–Crippen LogP) is 4.77. The number of rotatable bonds is 5. The molecule has 4 rings (SSSR count). The number of anilines is 2. The van der Waals surface area contributed by atoms with E-state index in [0.717, 1.165) is 16.8 Å². The summed E-state index contributed by atoms with van der Waals surface area (Å²) in [6.45, 7) is 6.04. The molecule has 180 valence electrons. The van der Waals surface area contributed by atoms with Gasteiger partial charge in [0.05, 0.1) is 24.2 Å². The molecule has 34 heavy (non-hydrogen) atoms. The van der Waals surface area contributed by atoms with E-state index in [1.807, 2.05) is 26.8 Å². The van der Waals surface area contributed by atoms with Crippen LogP contribution in [-0.2, 0) is 34.8 Å². The number of carbonyl (C=O) groups is 1. The zero-order chi connectivity index (χ0) is 24.7. The number of aromatic nitrogens is 2. The van der Waals surface area contributed by atoms with Gasteiger partial charge in [-0.1, -0.05) is 23.7 Å². The quantitative estimate of drug-likeness (QED) is 0.502. The van der Waals surface area contributed by atoms with E-state index in [4.69, 9.17) is 16.3 Å². The molecule has 0 atom stereocenters. The van der Waals surface area contributed by atoms with Gasteiger partial charge in [-0.2, -0.15) is 8.42 Å². The number of sulfonamides is 1. The van der Waals surface area contributed by atoms with Gasteiger partial charge < -0.3 is 9.30 Å². The van der Waals surface area contributed by atoms with Crippen molar-refractivity contribution in [3.8, 4) is 0 Å². The number of carbonyl (C=O) groups excluding carboxylic acids is 1. The van der Waals surface area contributed by atoms with Gasteiger partial charge in [0.25, 0.3) is 10.0 Å². The molecule has 0 radical (unpaired) electrons. The molecule has 3 aromatic rings. The summed E-state index contributed by atoms with van der Waals surface area (Å²) in [5.74, 6) is 0. The van der Waals surface area contributed by atoms with Crippen molar-refractivity contribution in [2.75, 3.05) is 15.7 Å². The van der Waals surface area contributed by atoms with Crippen molar-refractivity contribution in [3.05, 3.63) is 71.1 Å². The molecule has 0 aliphatic carbocycles. The lowest BCUT2D eigenvalue weighted by Gasteiger charge is -2.26. The second-order valence-corrected chi connectivity index (χ2v) is 11.5. The Morgan fingerprint density at radius 2 is 1.88 bits per heavy atom.